The molecule has 0 spiro atoms. The van der Waals surface area contributed by atoms with E-state index in [9.17, 15) is 4.79 Å². The van der Waals surface area contributed by atoms with Crippen molar-refractivity contribution < 1.29 is 9.63 Å². The standard InChI is InChI=1S/C20H20Cl2N2O2/c1-4-19(26-23-12-17-13(2)7-5-10-18(17)22)15-8-6-9-16(11-15)24-20(25)14(3)21/h4-12,14H,1-3H3,(H,24,25)/b19-4-,23-12+. The average Bonchev–Trinajstić information content (AvgIpc) is 2.61. The van der Waals surface area contributed by atoms with Gasteiger partial charge in [-0.2, -0.15) is 0 Å². The van der Waals surface area contributed by atoms with E-state index in [1.54, 1.807) is 37.4 Å². The van der Waals surface area contributed by atoms with Crippen LogP contribution < -0.4 is 5.32 Å². The summed E-state index contributed by atoms with van der Waals surface area (Å²) in [7, 11) is 0. The van der Waals surface area contributed by atoms with Crippen LogP contribution >= 0.6 is 23.2 Å². The number of oxime groups is 1. The Labute approximate surface area is 163 Å². The first-order chi connectivity index (χ1) is 12.4. The number of halogens is 2. The van der Waals surface area contributed by atoms with Crippen molar-refractivity contribution in [1.29, 1.82) is 0 Å². The lowest BCUT2D eigenvalue weighted by molar-refractivity contribution is -0.115. The van der Waals surface area contributed by atoms with Crippen LogP contribution in [0, 0.1) is 6.92 Å². The van der Waals surface area contributed by atoms with Gasteiger partial charge >= 0.3 is 0 Å². The molecule has 0 aliphatic rings. The largest absolute Gasteiger partial charge is 0.357 e. The quantitative estimate of drug-likeness (QED) is 0.301. The number of hydrogen-bond donors (Lipinski definition) is 1. The van der Waals surface area contributed by atoms with Crippen molar-refractivity contribution >= 4 is 46.8 Å². The molecule has 1 atom stereocenters. The molecular formula is C20H20Cl2N2O2. The summed E-state index contributed by atoms with van der Waals surface area (Å²) in [6.07, 6.45) is 3.38. The highest BCUT2D eigenvalue weighted by molar-refractivity contribution is 6.33. The summed E-state index contributed by atoms with van der Waals surface area (Å²) in [6, 6.07) is 12.9. The summed E-state index contributed by atoms with van der Waals surface area (Å²) in [5, 5.41) is 6.79. The zero-order chi connectivity index (χ0) is 19.1. The first-order valence-electron chi connectivity index (χ1n) is 8.09. The number of rotatable bonds is 6. The van der Waals surface area contributed by atoms with Crippen LogP contribution in [0.15, 0.2) is 53.7 Å². The van der Waals surface area contributed by atoms with Gasteiger partial charge < -0.3 is 10.2 Å². The minimum Gasteiger partial charge on any atom is -0.357 e. The fraction of sp³-hybridized carbons (Fsp3) is 0.200. The fourth-order valence-electron chi connectivity index (χ4n) is 2.21. The number of nitrogens with one attached hydrogen (secondary N) is 1. The molecule has 136 valence electrons. The van der Waals surface area contributed by atoms with E-state index in [1.165, 1.54) is 0 Å². The van der Waals surface area contributed by atoms with Gasteiger partial charge in [0.25, 0.3) is 0 Å². The number of allylic oxidation sites excluding steroid dienone is 1. The molecule has 2 rings (SSSR count). The number of hydrogen-bond acceptors (Lipinski definition) is 3. The van der Waals surface area contributed by atoms with Gasteiger partial charge in [0.1, 0.15) is 5.38 Å². The fourth-order valence-corrected chi connectivity index (χ4v) is 2.53. The Bertz CT molecular complexity index is 825. The molecule has 0 saturated heterocycles. The minimum absolute atomic E-state index is 0.265. The zero-order valence-corrected chi connectivity index (χ0v) is 16.3. The number of carbonyl (C=O) groups is 1. The maximum absolute atomic E-state index is 11.7. The van der Waals surface area contributed by atoms with E-state index in [-0.39, 0.29) is 5.91 Å². The number of benzene rings is 2. The van der Waals surface area contributed by atoms with Crippen molar-refractivity contribution in [2.75, 3.05) is 5.32 Å². The smallest absolute Gasteiger partial charge is 0.242 e. The Morgan fingerprint density at radius 3 is 2.65 bits per heavy atom. The molecule has 0 aliphatic carbocycles. The van der Waals surface area contributed by atoms with Crippen molar-refractivity contribution in [3.05, 3.63) is 70.3 Å². The molecule has 0 saturated carbocycles. The highest BCUT2D eigenvalue weighted by atomic mass is 35.5. The Balaban J connectivity index is 2.14. The third kappa shape index (κ3) is 5.35. The van der Waals surface area contributed by atoms with Gasteiger partial charge in [0, 0.05) is 21.8 Å². The van der Waals surface area contributed by atoms with Crippen LogP contribution in [0.2, 0.25) is 5.02 Å². The molecule has 1 unspecified atom stereocenters. The molecule has 2 aromatic rings. The maximum atomic E-state index is 11.7. The Hall–Kier alpha value is -2.30. The third-order valence-electron chi connectivity index (χ3n) is 3.64. The molecule has 0 heterocycles. The number of aryl methyl sites for hydroxylation is 1. The first-order valence-corrected chi connectivity index (χ1v) is 8.91. The second-order valence-electron chi connectivity index (χ2n) is 5.64. The van der Waals surface area contributed by atoms with Gasteiger partial charge in [0.2, 0.25) is 5.91 Å². The van der Waals surface area contributed by atoms with Crippen molar-refractivity contribution in [2.45, 2.75) is 26.1 Å². The van der Waals surface area contributed by atoms with Crippen molar-refractivity contribution in [1.82, 2.24) is 0 Å². The van der Waals surface area contributed by atoms with E-state index in [4.69, 9.17) is 28.0 Å². The Morgan fingerprint density at radius 1 is 1.27 bits per heavy atom. The normalized spacial score (nSPS) is 12.9. The molecule has 0 aromatic heterocycles. The van der Waals surface area contributed by atoms with Crippen LogP contribution in [-0.4, -0.2) is 17.5 Å². The Kier molecular flexibility index (Phi) is 7.25. The lowest BCUT2D eigenvalue weighted by Gasteiger charge is -2.09. The van der Waals surface area contributed by atoms with E-state index in [2.05, 4.69) is 10.5 Å². The monoisotopic (exact) mass is 390 g/mol. The maximum Gasteiger partial charge on any atom is 0.242 e. The van der Waals surface area contributed by atoms with Gasteiger partial charge in [-0.05, 0) is 50.6 Å². The van der Waals surface area contributed by atoms with E-state index < -0.39 is 5.38 Å². The second kappa shape index (κ2) is 9.41. The number of nitrogens with zero attached hydrogens (tertiary/aromatic N) is 1. The summed E-state index contributed by atoms with van der Waals surface area (Å²) >= 11 is 12.0. The molecule has 6 heteroatoms. The minimum atomic E-state index is -0.612. The molecule has 26 heavy (non-hydrogen) atoms. The van der Waals surface area contributed by atoms with Crippen molar-refractivity contribution in [3.8, 4) is 0 Å². The summed E-state index contributed by atoms with van der Waals surface area (Å²) in [6.45, 7) is 5.41. The van der Waals surface area contributed by atoms with Crippen LogP contribution in [0.5, 0.6) is 0 Å². The summed E-state index contributed by atoms with van der Waals surface area (Å²) in [5.41, 5.74) is 3.22. The second-order valence-corrected chi connectivity index (χ2v) is 6.70. The van der Waals surface area contributed by atoms with Crippen LogP contribution in [0.4, 0.5) is 5.69 Å². The molecule has 2 aromatic carbocycles. The summed E-state index contributed by atoms with van der Waals surface area (Å²) in [5.74, 6) is 0.292. The highest BCUT2D eigenvalue weighted by Gasteiger charge is 2.10. The molecule has 4 nitrogen and oxygen atoms in total. The van der Waals surface area contributed by atoms with E-state index in [1.807, 2.05) is 38.1 Å². The number of alkyl halides is 1. The van der Waals surface area contributed by atoms with Crippen LogP contribution in [0.25, 0.3) is 5.76 Å². The third-order valence-corrected chi connectivity index (χ3v) is 4.17. The first kappa shape index (κ1) is 20.0. The van der Waals surface area contributed by atoms with Gasteiger partial charge in [0.05, 0.1) is 6.21 Å². The van der Waals surface area contributed by atoms with Crippen molar-refractivity contribution in [2.24, 2.45) is 5.16 Å². The topological polar surface area (TPSA) is 50.7 Å². The molecule has 1 N–H and O–H groups in total. The van der Waals surface area contributed by atoms with Gasteiger partial charge in [0.15, 0.2) is 5.76 Å². The van der Waals surface area contributed by atoms with Gasteiger partial charge in [-0.15, -0.1) is 11.6 Å². The van der Waals surface area contributed by atoms with E-state index >= 15 is 0 Å². The molecule has 0 radical (unpaired) electrons. The predicted octanol–water partition coefficient (Wildman–Crippen LogP) is 5.63. The van der Waals surface area contributed by atoms with Crippen molar-refractivity contribution in [3.63, 3.8) is 0 Å². The van der Waals surface area contributed by atoms with E-state index in [0.29, 0.717) is 16.5 Å². The lowest BCUT2D eigenvalue weighted by atomic mass is 10.1. The molecule has 0 bridgehead atoms. The van der Waals surface area contributed by atoms with Gasteiger partial charge in [-0.3, -0.25) is 4.79 Å². The number of amides is 1. The zero-order valence-electron chi connectivity index (χ0n) is 14.8. The molecule has 0 fully saturated rings. The highest BCUT2D eigenvalue weighted by Crippen LogP contribution is 2.22. The predicted molar refractivity (Wildman–Crippen MR) is 109 cm³/mol. The lowest BCUT2D eigenvalue weighted by Crippen LogP contribution is -2.20. The summed E-state index contributed by atoms with van der Waals surface area (Å²) < 4.78 is 0. The van der Waals surface area contributed by atoms with Crippen LogP contribution in [0.1, 0.15) is 30.5 Å². The van der Waals surface area contributed by atoms with Crippen LogP contribution in [0.3, 0.4) is 0 Å². The SMILES string of the molecule is C/C=C(\O/N=C/c1c(C)cccc1Cl)c1cccc(NC(=O)C(C)Cl)c1. The summed E-state index contributed by atoms with van der Waals surface area (Å²) in [4.78, 5) is 17.3. The number of carbonyl (C=O) groups excluding carboxylic acids is 1. The number of anilines is 1. The van der Waals surface area contributed by atoms with Gasteiger partial charge in [-0.1, -0.05) is 41.0 Å². The average molecular weight is 391 g/mol. The van der Waals surface area contributed by atoms with Gasteiger partial charge in [-0.25, -0.2) is 0 Å². The molecule has 1 amide bonds. The van der Waals surface area contributed by atoms with Crippen LogP contribution in [-0.2, 0) is 9.63 Å². The molecule has 0 aliphatic heterocycles. The Morgan fingerprint density at radius 2 is 2.00 bits per heavy atom. The molecular weight excluding hydrogens is 371 g/mol. The van der Waals surface area contributed by atoms with E-state index in [0.717, 1.165) is 16.7 Å².